The number of nitrogens with zero attached hydrogens (tertiary/aromatic N) is 1. The first-order valence-corrected chi connectivity index (χ1v) is 6.41. The topological polar surface area (TPSA) is 64.9 Å². The number of carbonyl (C=O) groups is 1. The minimum absolute atomic E-state index is 0.210. The zero-order valence-corrected chi connectivity index (χ0v) is 11.4. The fraction of sp³-hybridized carbons (Fsp3) is 0.125. The zero-order chi connectivity index (χ0) is 15.2. The largest absolute Gasteiger partial charge is 0.331 e. The Balaban J connectivity index is 1.95. The van der Waals surface area contributed by atoms with E-state index in [1.54, 1.807) is 24.3 Å². The third kappa shape index (κ3) is 4.05. The smallest absolute Gasteiger partial charge is 0.319 e. The second kappa shape index (κ2) is 6.53. The molecule has 2 aromatic carbocycles. The molecule has 21 heavy (non-hydrogen) atoms. The Kier molecular flexibility index (Phi) is 4.52. The summed E-state index contributed by atoms with van der Waals surface area (Å²) in [5.74, 6) is -0.355. The molecule has 5 heteroatoms. The Morgan fingerprint density at radius 3 is 2.33 bits per heavy atom. The SMILES string of the molecule is C[C@H](NC(=O)Nc1ccc(F)cc1)c1ccc(C#N)cc1. The summed E-state index contributed by atoms with van der Waals surface area (Å²) in [6.45, 7) is 1.84. The molecule has 0 bridgehead atoms. The molecule has 0 fully saturated rings. The molecule has 2 amide bonds. The van der Waals surface area contributed by atoms with E-state index < -0.39 is 0 Å². The third-order valence-corrected chi connectivity index (χ3v) is 2.99. The maximum Gasteiger partial charge on any atom is 0.319 e. The Hall–Kier alpha value is -2.87. The van der Waals surface area contributed by atoms with Gasteiger partial charge in [0.15, 0.2) is 0 Å². The van der Waals surface area contributed by atoms with Crippen molar-refractivity contribution in [1.82, 2.24) is 5.32 Å². The zero-order valence-electron chi connectivity index (χ0n) is 11.4. The van der Waals surface area contributed by atoms with Crippen LogP contribution < -0.4 is 10.6 Å². The molecular formula is C16H14FN3O. The lowest BCUT2D eigenvalue weighted by Gasteiger charge is -2.15. The number of anilines is 1. The number of amides is 2. The summed E-state index contributed by atoms with van der Waals surface area (Å²) in [4.78, 5) is 11.8. The van der Waals surface area contributed by atoms with Crippen LogP contribution in [-0.4, -0.2) is 6.03 Å². The fourth-order valence-electron chi connectivity index (χ4n) is 1.83. The summed E-state index contributed by atoms with van der Waals surface area (Å²) in [5.41, 5.74) is 1.98. The lowest BCUT2D eigenvalue weighted by molar-refractivity contribution is 0.249. The van der Waals surface area contributed by atoms with Crippen LogP contribution in [-0.2, 0) is 0 Å². The van der Waals surface area contributed by atoms with Crippen LogP contribution in [0.25, 0.3) is 0 Å². The standard InChI is InChI=1S/C16H14FN3O/c1-11(13-4-2-12(10-18)3-5-13)19-16(21)20-15-8-6-14(17)7-9-15/h2-9,11H,1H3,(H2,19,20,21)/t11-/m0/s1. The number of nitriles is 1. The van der Waals surface area contributed by atoms with Gasteiger partial charge in [-0.15, -0.1) is 0 Å². The molecular weight excluding hydrogens is 269 g/mol. The van der Waals surface area contributed by atoms with Gasteiger partial charge in [-0.2, -0.15) is 5.26 Å². The molecule has 1 atom stereocenters. The first kappa shape index (κ1) is 14.5. The Morgan fingerprint density at radius 2 is 1.76 bits per heavy atom. The number of hydrogen-bond donors (Lipinski definition) is 2. The van der Waals surface area contributed by atoms with E-state index in [9.17, 15) is 9.18 Å². The van der Waals surface area contributed by atoms with Crippen molar-refractivity contribution in [2.75, 3.05) is 5.32 Å². The highest BCUT2D eigenvalue weighted by Crippen LogP contribution is 2.14. The molecule has 2 rings (SSSR count). The van der Waals surface area contributed by atoms with Crippen LogP contribution in [0.2, 0.25) is 0 Å². The van der Waals surface area contributed by atoms with Gasteiger partial charge in [0.1, 0.15) is 5.82 Å². The molecule has 0 unspecified atom stereocenters. The first-order valence-electron chi connectivity index (χ1n) is 6.41. The van der Waals surface area contributed by atoms with Gasteiger partial charge >= 0.3 is 6.03 Å². The third-order valence-electron chi connectivity index (χ3n) is 2.99. The molecule has 0 radical (unpaired) electrons. The Morgan fingerprint density at radius 1 is 1.14 bits per heavy atom. The van der Waals surface area contributed by atoms with Crippen LogP contribution in [0.5, 0.6) is 0 Å². The van der Waals surface area contributed by atoms with Gasteiger partial charge in [-0.3, -0.25) is 0 Å². The molecule has 0 aliphatic rings. The van der Waals surface area contributed by atoms with Gasteiger partial charge in [-0.05, 0) is 48.9 Å². The number of hydrogen-bond acceptors (Lipinski definition) is 2. The molecule has 0 saturated carbocycles. The molecule has 4 nitrogen and oxygen atoms in total. The summed E-state index contributed by atoms with van der Waals surface area (Å²) in [6.07, 6.45) is 0. The van der Waals surface area contributed by atoms with Gasteiger partial charge in [-0.25, -0.2) is 9.18 Å². The van der Waals surface area contributed by atoms with E-state index in [4.69, 9.17) is 5.26 Å². The highest BCUT2D eigenvalue weighted by molar-refractivity contribution is 5.89. The van der Waals surface area contributed by atoms with Crippen molar-refractivity contribution in [2.24, 2.45) is 0 Å². The van der Waals surface area contributed by atoms with Gasteiger partial charge < -0.3 is 10.6 Å². The lowest BCUT2D eigenvalue weighted by Crippen LogP contribution is -2.31. The number of halogens is 1. The molecule has 2 N–H and O–H groups in total. The molecule has 106 valence electrons. The second-order valence-electron chi connectivity index (χ2n) is 4.56. The van der Waals surface area contributed by atoms with Crippen molar-refractivity contribution in [2.45, 2.75) is 13.0 Å². The van der Waals surface area contributed by atoms with E-state index in [0.717, 1.165) is 5.56 Å². The highest BCUT2D eigenvalue weighted by atomic mass is 19.1. The lowest BCUT2D eigenvalue weighted by atomic mass is 10.1. The minimum atomic E-state index is -0.376. The summed E-state index contributed by atoms with van der Waals surface area (Å²) in [6, 6.07) is 14.0. The van der Waals surface area contributed by atoms with Crippen molar-refractivity contribution in [3.63, 3.8) is 0 Å². The second-order valence-corrected chi connectivity index (χ2v) is 4.56. The van der Waals surface area contributed by atoms with Gasteiger partial charge in [0, 0.05) is 5.69 Å². The normalized spacial score (nSPS) is 11.3. The maximum absolute atomic E-state index is 12.8. The molecule has 0 saturated heterocycles. The van der Waals surface area contributed by atoms with E-state index >= 15 is 0 Å². The predicted octanol–water partition coefficient (Wildman–Crippen LogP) is 3.58. The summed E-state index contributed by atoms with van der Waals surface area (Å²) in [5, 5.41) is 14.1. The number of carbonyl (C=O) groups excluding carboxylic acids is 1. The number of nitrogens with one attached hydrogen (secondary N) is 2. The molecule has 0 heterocycles. The quantitative estimate of drug-likeness (QED) is 0.904. The Labute approximate surface area is 122 Å². The van der Waals surface area contributed by atoms with E-state index in [-0.39, 0.29) is 17.9 Å². The first-order chi connectivity index (χ1) is 10.1. The van der Waals surface area contributed by atoms with Crippen LogP contribution in [0.1, 0.15) is 24.1 Å². The fourth-order valence-corrected chi connectivity index (χ4v) is 1.83. The van der Waals surface area contributed by atoms with Crippen molar-refractivity contribution in [3.05, 3.63) is 65.5 Å². The average molecular weight is 283 g/mol. The van der Waals surface area contributed by atoms with Crippen molar-refractivity contribution in [1.29, 1.82) is 5.26 Å². The maximum atomic E-state index is 12.8. The van der Waals surface area contributed by atoms with Crippen LogP contribution in [0.4, 0.5) is 14.9 Å². The molecule has 0 spiro atoms. The summed E-state index contributed by atoms with van der Waals surface area (Å²) < 4.78 is 12.8. The molecule has 0 aromatic heterocycles. The van der Waals surface area contributed by atoms with E-state index in [2.05, 4.69) is 10.6 Å². The summed E-state index contributed by atoms with van der Waals surface area (Å²) >= 11 is 0. The van der Waals surface area contributed by atoms with Crippen LogP contribution in [0.15, 0.2) is 48.5 Å². The monoisotopic (exact) mass is 283 g/mol. The minimum Gasteiger partial charge on any atom is -0.331 e. The average Bonchev–Trinajstić information content (AvgIpc) is 2.49. The van der Waals surface area contributed by atoms with E-state index in [1.165, 1.54) is 24.3 Å². The number of benzene rings is 2. The van der Waals surface area contributed by atoms with Crippen molar-refractivity contribution >= 4 is 11.7 Å². The van der Waals surface area contributed by atoms with Gasteiger partial charge in [0.2, 0.25) is 0 Å². The van der Waals surface area contributed by atoms with Crippen LogP contribution in [0, 0.1) is 17.1 Å². The van der Waals surface area contributed by atoms with Crippen LogP contribution >= 0.6 is 0 Å². The number of urea groups is 1. The number of rotatable bonds is 3. The van der Waals surface area contributed by atoms with Gasteiger partial charge in [0.05, 0.1) is 17.7 Å². The summed E-state index contributed by atoms with van der Waals surface area (Å²) in [7, 11) is 0. The van der Waals surface area contributed by atoms with Gasteiger partial charge in [-0.1, -0.05) is 12.1 Å². The molecule has 2 aromatic rings. The Bertz CT molecular complexity index is 659. The predicted molar refractivity (Wildman–Crippen MR) is 78.1 cm³/mol. The van der Waals surface area contributed by atoms with E-state index in [1.807, 2.05) is 13.0 Å². The van der Waals surface area contributed by atoms with Gasteiger partial charge in [0.25, 0.3) is 0 Å². The van der Waals surface area contributed by atoms with Crippen molar-refractivity contribution in [3.8, 4) is 6.07 Å². The van der Waals surface area contributed by atoms with Crippen molar-refractivity contribution < 1.29 is 9.18 Å². The van der Waals surface area contributed by atoms with E-state index in [0.29, 0.717) is 11.3 Å². The highest BCUT2D eigenvalue weighted by Gasteiger charge is 2.09. The molecule has 0 aliphatic carbocycles. The molecule has 0 aliphatic heterocycles. The van der Waals surface area contributed by atoms with Crippen LogP contribution in [0.3, 0.4) is 0 Å².